The van der Waals surface area contributed by atoms with Crippen LogP contribution in [-0.2, 0) is 5.41 Å². The average Bonchev–Trinajstić information content (AvgIpc) is 2.53. The number of nitrogens with one attached hydrogen (secondary N) is 1. The number of piperazine rings is 1. The fraction of sp³-hybridized carbons (Fsp3) is 0.588. The summed E-state index contributed by atoms with van der Waals surface area (Å²) in [7, 11) is 0. The van der Waals surface area contributed by atoms with Crippen LogP contribution in [0.15, 0.2) is 30.3 Å². The number of carbonyl (C=O) groups excluding carboxylic acids is 1. The van der Waals surface area contributed by atoms with E-state index in [4.69, 9.17) is 0 Å². The third-order valence-electron chi connectivity index (χ3n) is 4.34. The maximum absolute atomic E-state index is 12.3. The first-order valence-corrected chi connectivity index (χ1v) is 7.83. The molecule has 2 rings (SSSR count). The van der Waals surface area contributed by atoms with Gasteiger partial charge in [0.2, 0.25) is 0 Å². The summed E-state index contributed by atoms with van der Waals surface area (Å²) in [5, 5.41) is 3.09. The molecule has 0 aromatic heterocycles. The van der Waals surface area contributed by atoms with Gasteiger partial charge in [-0.25, -0.2) is 4.79 Å². The van der Waals surface area contributed by atoms with Gasteiger partial charge >= 0.3 is 6.03 Å². The fourth-order valence-corrected chi connectivity index (χ4v) is 2.67. The molecule has 1 aliphatic rings. The Bertz CT molecular complexity index is 450. The van der Waals surface area contributed by atoms with Crippen molar-refractivity contribution >= 4 is 6.03 Å². The molecule has 1 aromatic carbocycles. The quantitative estimate of drug-likeness (QED) is 0.923. The highest BCUT2D eigenvalue weighted by Gasteiger charge is 2.24. The van der Waals surface area contributed by atoms with Crippen molar-refractivity contribution in [3.05, 3.63) is 35.9 Å². The van der Waals surface area contributed by atoms with Crippen LogP contribution in [0.4, 0.5) is 4.79 Å². The number of nitrogens with zero attached hydrogens (tertiary/aromatic N) is 2. The van der Waals surface area contributed by atoms with Crippen molar-refractivity contribution < 1.29 is 4.79 Å². The van der Waals surface area contributed by atoms with E-state index in [1.54, 1.807) is 0 Å². The predicted octanol–water partition coefficient (Wildman–Crippen LogP) is 2.31. The highest BCUT2D eigenvalue weighted by molar-refractivity contribution is 5.74. The maximum atomic E-state index is 12.3. The minimum atomic E-state index is -0.0534. The number of carbonyl (C=O) groups is 1. The molecule has 0 saturated carbocycles. The smallest absolute Gasteiger partial charge is 0.317 e. The highest BCUT2D eigenvalue weighted by Crippen LogP contribution is 2.21. The topological polar surface area (TPSA) is 35.6 Å². The third-order valence-corrected chi connectivity index (χ3v) is 4.34. The van der Waals surface area contributed by atoms with Crippen LogP contribution in [0.1, 0.15) is 26.3 Å². The number of amides is 2. The van der Waals surface area contributed by atoms with Crippen LogP contribution in [0.3, 0.4) is 0 Å². The Hall–Kier alpha value is -1.55. The molecular weight excluding hydrogens is 262 g/mol. The lowest BCUT2D eigenvalue weighted by atomic mass is 9.85. The van der Waals surface area contributed by atoms with Gasteiger partial charge in [-0.3, -0.25) is 0 Å². The lowest BCUT2D eigenvalue weighted by Gasteiger charge is -2.35. The molecule has 0 aliphatic carbocycles. The van der Waals surface area contributed by atoms with Crippen LogP contribution in [0, 0.1) is 0 Å². The van der Waals surface area contributed by atoms with Crippen LogP contribution in [0.25, 0.3) is 0 Å². The SMILES string of the molecule is CCN1CCN(C(=O)NCC(C)(C)c2ccccc2)CC1. The predicted molar refractivity (Wildman–Crippen MR) is 86.6 cm³/mol. The third kappa shape index (κ3) is 4.21. The van der Waals surface area contributed by atoms with Crippen LogP contribution in [-0.4, -0.2) is 55.1 Å². The fourth-order valence-electron chi connectivity index (χ4n) is 2.67. The molecule has 4 heteroatoms. The zero-order chi connectivity index (χ0) is 15.3. The standard InChI is InChI=1S/C17H27N3O/c1-4-19-10-12-20(13-11-19)16(21)18-14-17(2,3)15-8-6-5-7-9-15/h5-9H,4,10-14H2,1-3H3,(H,18,21). The largest absolute Gasteiger partial charge is 0.337 e. The van der Waals surface area contributed by atoms with E-state index < -0.39 is 0 Å². The van der Waals surface area contributed by atoms with Crippen molar-refractivity contribution in [1.82, 2.24) is 15.1 Å². The van der Waals surface area contributed by atoms with E-state index in [2.05, 4.69) is 43.1 Å². The molecule has 1 aliphatic heterocycles. The van der Waals surface area contributed by atoms with Crippen molar-refractivity contribution in [3.8, 4) is 0 Å². The zero-order valence-corrected chi connectivity index (χ0v) is 13.4. The summed E-state index contributed by atoms with van der Waals surface area (Å²) in [6.07, 6.45) is 0. The Balaban J connectivity index is 1.84. The lowest BCUT2D eigenvalue weighted by molar-refractivity contribution is 0.142. The van der Waals surface area contributed by atoms with Gasteiger partial charge in [0.15, 0.2) is 0 Å². The number of urea groups is 1. The number of hydrogen-bond acceptors (Lipinski definition) is 2. The molecule has 21 heavy (non-hydrogen) atoms. The summed E-state index contributed by atoms with van der Waals surface area (Å²) in [5.41, 5.74) is 1.20. The van der Waals surface area contributed by atoms with Crippen LogP contribution < -0.4 is 5.32 Å². The molecule has 1 N–H and O–H groups in total. The molecule has 4 nitrogen and oxygen atoms in total. The van der Waals surface area contributed by atoms with Gasteiger partial charge in [0.05, 0.1) is 0 Å². The molecule has 2 amide bonds. The van der Waals surface area contributed by atoms with Crippen molar-refractivity contribution in [3.63, 3.8) is 0 Å². The summed E-state index contributed by atoms with van der Waals surface area (Å²) < 4.78 is 0. The average molecular weight is 289 g/mol. The highest BCUT2D eigenvalue weighted by atomic mass is 16.2. The van der Waals surface area contributed by atoms with Gasteiger partial charge in [-0.2, -0.15) is 0 Å². The van der Waals surface area contributed by atoms with E-state index in [-0.39, 0.29) is 11.4 Å². The number of benzene rings is 1. The number of hydrogen-bond donors (Lipinski definition) is 1. The van der Waals surface area contributed by atoms with E-state index >= 15 is 0 Å². The van der Waals surface area contributed by atoms with Crippen LogP contribution in [0.2, 0.25) is 0 Å². The van der Waals surface area contributed by atoms with Gasteiger partial charge in [-0.05, 0) is 12.1 Å². The molecule has 0 atom stereocenters. The first-order chi connectivity index (χ1) is 10.0. The first kappa shape index (κ1) is 15.8. The van der Waals surface area contributed by atoms with Crippen molar-refractivity contribution in [2.24, 2.45) is 0 Å². The molecular formula is C17H27N3O. The monoisotopic (exact) mass is 289 g/mol. The molecule has 0 spiro atoms. The van der Waals surface area contributed by atoms with Crippen LogP contribution >= 0.6 is 0 Å². The minimum absolute atomic E-state index is 0.0534. The van der Waals surface area contributed by atoms with Crippen molar-refractivity contribution in [2.75, 3.05) is 39.3 Å². The van der Waals surface area contributed by atoms with Crippen molar-refractivity contribution in [1.29, 1.82) is 0 Å². The Kier molecular flexibility index (Phi) is 5.23. The van der Waals surface area contributed by atoms with Crippen LogP contribution in [0.5, 0.6) is 0 Å². The van der Waals surface area contributed by atoms with E-state index in [1.807, 2.05) is 23.1 Å². The Morgan fingerprint density at radius 2 is 1.76 bits per heavy atom. The normalized spacial score (nSPS) is 16.8. The Morgan fingerprint density at radius 3 is 2.33 bits per heavy atom. The zero-order valence-electron chi connectivity index (χ0n) is 13.4. The molecule has 0 unspecified atom stereocenters. The van der Waals surface area contributed by atoms with Gasteiger partial charge in [0.25, 0.3) is 0 Å². The molecule has 1 heterocycles. The maximum Gasteiger partial charge on any atom is 0.317 e. The van der Waals surface area contributed by atoms with E-state index in [0.717, 1.165) is 32.7 Å². The first-order valence-electron chi connectivity index (χ1n) is 7.83. The van der Waals surface area contributed by atoms with Gasteiger partial charge in [0, 0.05) is 38.1 Å². The van der Waals surface area contributed by atoms with Gasteiger partial charge < -0.3 is 15.1 Å². The summed E-state index contributed by atoms with van der Waals surface area (Å²) in [6, 6.07) is 10.4. The summed E-state index contributed by atoms with van der Waals surface area (Å²) in [5.74, 6) is 0. The van der Waals surface area contributed by atoms with Crippen molar-refractivity contribution in [2.45, 2.75) is 26.2 Å². The minimum Gasteiger partial charge on any atom is -0.337 e. The van der Waals surface area contributed by atoms with Gasteiger partial charge in [0.1, 0.15) is 0 Å². The van der Waals surface area contributed by atoms with E-state index in [0.29, 0.717) is 6.54 Å². The van der Waals surface area contributed by atoms with E-state index in [1.165, 1.54) is 5.56 Å². The number of likely N-dealkylation sites (N-methyl/N-ethyl adjacent to an activating group) is 1. The Labute approximate surface area is 128 Å². The lowest BCUT2D eigenvalue weighted by Crippen LogP contribution is -2.53. The molecule has 0 bridgehead atoms. The second kappa shape index (κ2) is 6.94. The van der Waals surface area contributed by atoms with Gasteiger partial charge in [-0.1, -0.05) is 51.1 Å². The molecule has 1 saturated heterocycles. The molecule has 1 fully saturated rings. The summed E-state index contributed by atoms with van der Waals surface area (Å²) >= 11 is 0. The summed E-state index contributed by atoms with van der Waals surface area (Å²) in [6.45, 7) is 11.8. The molecule has 116 valence electrons. The summed E-state index contributed by atoms with van der Waals surface area (Å²) in [4.78, 5) is 16.6. The Morgan fingerprint density at radius 1 is 1.14 bits per heavy atom. The van der Waals surface area contributed by atoms with E-state index in [9.17, 15) is 4.79 Å². The second-order valence-corrected chi connectivity index (χ2v) is 6.33. The number of rotatable bonds is 4. The molecule has 1 aromatic rings. The van der Waals surface area contributed by atoms with Gasteiger partial charge in [-0.15, -0.1) is 0 Å². The molecule has 0 radical (unpaired) electrons. The second-order valence-electron chi connectivity index (χ2n) is 6.33.